The molecule has 1 aromatic rings. The Balaban J connectivity index is 2.52. The Morgan fingerprint density at radius 2 is 2.07 bits per heavy atom. The van der Waals surface area contributed by atoms with E-state index < -0.39 is 0 Å². The van der Waals surface area contributed by atoms with Gasteiger partial charge in [-0.1, -0.05) is 31.4 Å². The number of unbranched alkanes of at least 4 members (excludes halogenated alkanes) is 1. The van der Waals surface area contributed by atoms with Gasteiger partial charge in [-0.2, -0.15) is 0 Å². The molecule has 0 aliphatic rings. The van der Waals surface area contributed by atoms with E-state index in [1.807, 2.05) is 30.5 Å². The molecule has 0 bridgehead atoms. The van der Waals surface area contributed by atoms with Gasteiger partial charge in [-0.05, 0) is 24.1 Å². The van der Waals surface area contributed by atoms with Crippen LogP contribution < -0.4 is 0 Å². The molecule has 0 atom stereocenters. The summed E-state index contributed by atoms with van der Waals surface area (Å²) in [5, 5.41) is 0. The van der Waals surface area contributed by atoms with Crippen molar-refractivity contribution < 1.29 is 0 Å². The van der Waals surface area contributed by atoms with Gasteiger partial charge in [0, 0.05) is 18.3 Å². The molecule has 0 spiro atoms. The van der Waals surface area contributed by atoms with Crippen molar-refractivity contribution in [1.82, 2.24) is 0 Å². The van der Waals surface area contributed by atoms with Crippen molar-refractivity contribution in [2.75, 3.05) is 6.54 Å². The summed E-state index contributed by atoms with van der Waals surface area (Å²) >= 11 is 0. The molecule has 72 valence electrons. The molecule has 0 aliphatic carbocycles. The van der Waals surface area contributed by atoms with Crippen LogP contribution in [0.25, 0.3) is 0 Å². The van der Waals surface area contributed by atoms with E-state index in [9.17, 15) is 0 Å². The largest absolute Gasteiger partial charge is 0.293 e. The fourth-order valence-electron chi connectivity index (χ4n) is 1.08. The lowest BCUT2D eigenvalue weighted by Gasteiger charge is -1.93. The van der Waals surface area contributed by atoms with Crippen LogP contribution in [0.4, 0.5) is 0 Å². The fourth-order valence-corrected chi connectivity index (χ4v) is 1.08. The Bertz CT molecular complexity index is 327. The van der Waals surface area contributed by atoms with E-state index in [4.69, 9.17) is 6.42 Å². The van der Waals surface area contributed by atoms with Gasteiger partial charge < -0.3 is 0 Å². The molecule has 1 nitrogen and oxygen atoms in total. The number of rotatable bonds is 4. The summed E-state index contributed by atoms with van der Waals surface area (Å²) in [6.07, 6.45) is 9.49. The monoisotopic (exact) mass is 185 g/mol. The molecule has 0 unspecified atom stereocenters. The molecule has 0 aromatic heterocycles. The molecule has 0 aliphatic heterocycles. The normalized spacial score (nSPS) is 10.3. The highest BCUT2D eigenvalue weighted by Crippen LogP contribution is 2.00. The predicted molar refractivity (Wildman–Crippen MR) is 61.7 cm³/mol. The van der Waals surface area contributed by atoms with E-state index in [1.54, 1.807) is 0 Å². The average Bonchev–Trinajstić information content (AvgIpc) is 2.25. The minimum absolute atomic E-state index is 0.910. The van der Waals surface area contributed by atoms with Crippen molar-refractivity contribution >= 4 is 6.21 Å². The number of hydrogen-bond acceptors (Lipinski definition) is 1. The van der Waals surface area contributed by atoms with Crippen LogP contribution in [-0.2, 0) is 0 Å². The van der Waals surface area contributed by atoms with Crippen LogP contribution in [0.5, 0.6) is 0 Å². The summed E-state index contributed by atoms with van der Waals surface area (Å²) in [7, 11) is 0. The highest BCUT2D eigenvalue weighted by molar-refractivity contribution is 5.79. The van der Waals surface area contributed by atoms with Gasteiger partial charge in [0.1, 0.15) is 0 Å². The zero-order valence-corrected chi connectivity index (χ0v) is 8.53. The first kappa shape index (κ1) is 10.5. The van der Waals surface area contributed by atoms with Crippen LogP contribution >= 0.6 is 0 Å². The van der Waals surface area contributed by atoms with Crippen LogP contribution in [0.1, 0.15) is 30.9 Å². The van der Waals surface area contributed by atoms with E-state index in [-0.39, 0.29) is 0 Å². The van der Waals surface area contributed by atoms with Crippen molar-refractivity contribution in [2.45, 2.75) is 19.8 Å². The maximum absolute atomic E-state index is 5.26. The van der Waals surface area contributed by atoms with E-state index >= 15 is 0 Å². The third-order valence-electron chi connectivity index (χ3n) is 1.96. The van der Waals surface area contributed by atoms with Gasteiger partial charge in [-0.25, -0.2) is 0 Å². The van der Waals surface area contributed by atoms with Gasteiger partial charge in [0.15, 0.2) is 0 Å². The molecule has 1 rings (SSSR count). The van der Waals surface area contributed by atoms with Gasteiger partial charge in [0.25, 0.3) is 0 Å². The number of aliphatic imine (C=N–C) groups is 1. The molecule has 14 heavy (non-hydrogen) atoms. The average molecular weight is 185 g/mol. The summed E-state index contributed by atoms with van der Waals surface area (Å²) in [4.78, 5) is 4.31. The maximum atomic E-state index is 5.26. The molecule has 0 fully saturated rings. The highest BCUT2D eigenvalue weighted by atomic mass is 14.7. The van der Waals surface area contributed by atoms with Gasteiger partial charge in [-0.3, -0.25) is 4.99 Å². The lowest BCUT2D eigenvalue weighted by molar-refractivity contribution is 0.810. The summed E-state index contributed by atoms with van der Waals surface area (Å²) in [5.41, 5.74) is 2.02. The molecular weight excluding hydrogens is 170 g/mol. The second-order valence-corrected chi connectivity index (χ2v) is 3.16. The molecule has 0 heterocycles. The van der Waals surface area contributed by atoms with E-state index in [1.165, 1.54) is 6.42 Å². The molecule has 0 saturated heterocycles. The van der Waals surface area contributed by atoms with Gasteiger partial charge in [0.2, 0.25) is 0 Å². The van der Waals surface area contributed by atoms with Crippen LogP contribution in [0.2, 0.25) is 0 Å². The summed E-state index contributed by atoms with van der Waals surface area (Å²) in [5.74, 6) is 2.59. The maximum Gasteiger partial charge on any atom is 0.0389 e. The van der Waals surface area contributed by atoms with Crippen LogP contribution in [0.3, 0.4) is 0 Å². The van der Waals surface area contributed by atoms with Gasteiger partial charge in [0.05, 0.1) is 0 Å². The standard InChI is InChI=1S/C13H15N/c1-3-5-10-14-11-13-8-6-12(4-2)7-9-13/h2,6-9,11H,3,5,10H2,1H3. The fraction of sp³-hybridized carbons (Fsp3) is 0.308. The first-order valence-electron chi connectivity index (χ1n) is 4.93. The summed E-state index contributed by atoms with van der Waals surface area (Å²) < 4.78 is 0. The Hall–Kier alpha value is -1.55. The second kappa shape index (κ2) is 5.99. The van der Waals surface area contributed by atoms with Crippen molar-refractivity contribution in [2.24, 2.45) is 4.99 Å². The summed E-state index contributed by atoms with van der Waals surface area (Å²) in [6.45, 7) is 3.07. The molecule has 0 N–H and O–H groups in total. The lowest BCUT2D eigenvalue weighted by Crippen LogP contribution is -1.84. The third kappa shape index (κ3) is 3.45. The number of hydrogen-bond donors (Lipinski definition) is 0. The quantitative estimate of drug-likeness (QED) is 0.388. The lowest BCUT2D eigenvalue weighted by atomic mass is 10.1. The van der Waals surface area contributed by atoms with Gasteiger partial charge in [-0.15, -0.1) is 6.42 Å². The zero-order valence-electron chi connectivity index (χ0n) is 8.53. The van der Waals surface area contributed by atoms with Crippen molar-refractivity contribution in [3.8, 4) is 12.3 Å². The van der Waals surface area contributed by atoms with E-state index in [0.717, 1.165) is 24.1 Å². The number of nitrogens with zero attached hydrogens (tertiary/aromatic N) is 1. The SMILES string of the molecule is C#Cc1ccc(C=NCCCC)cc1. The second-order valence-electron chi connectivity index (χ2n) is 3.16. The minimum atomic E-state index is 0.910. The van der Waals surface area contributed by atoms with Crippen molar-refractivity contribution in [1.29, 1.82) is 0 Å². The number of terminal acetylenes is 1. The molecule has 0 amide bonds. The predicted octanol–water partition coefficient (Wildman–Crippen LogP) is 2.89. The molecular formula is C13H15N. The smallest absolute Gasteiger partial charge is 0.0389 e. The summed E-state index contributed by atoms with van der Waals surface area (Å²) in [6, 6.07) is 7.84. The molecule has 1 heteroatoms. The molecule has 0 saturated carbocycles. The van der Waals surface area contributed by atoms with Gasteiger partial charge >= 0.3 is 0 Å². The first-order chi connectivity index (χ1) is 6.86. The molecule has 1 aromatic carbocycles. The Morgan fingerprint density at radius 3 is 2.64 bits per heavy atom. The highest BCUT2D eigenvalue weighted by Gasteiger charge is 1.87. The van der Waals surface area contributed by atoms with E-state index in [2.05, 4.69) is 17.8 Å². The topological polar surface area (TPSA) is 12.4 Å². The van der Waals surface area contributed by atoms with Crippen LogP contribution in [0, 0.1) is 12.3 Å². The number of benzene rings is 1. The minimum Gasteiger partial charge on any atom is -0.293 e. The zero-order chi connectivity index (χ0) is 10.2. The molecule has 0 radical (unpaired) electrons. The van der Waals surface area contributed by atoms with Crippen LogP contribution in [0.15, 0.2) is 29.3 Å². The van der Waals surface area contributed by atoms with Crippen molar-refractivity contribution in [3.05, 3.63) is 35.4 Å². The van der Waals surface area contributed by atoms with Crippen LogP contribution in [-0.4, -0.2) is 12.8 Å². The third-order valence-corrected chi connectivity index (χ3v) is 1.96. The van der Waals surface area contributed by atoms with Crippen molar-refractivity contribution in [3.63, 3.8) is 0 Å². The Kier molecular flexibility index (Phi) is 4.50. The van der Waals surface area contributed by atoms with E-state index in [0.29, 0.717) is 0 Å². The first-order valence-corrected chi connectivity index (χ1v) is 4.93. The Morgan fingerprint density at radius 1 is 1.36 bits per heavy atom. The Labute approximate surface area is 85.9 Å².